The lowest BCUT2D eigenvalue weighted by Crippen LogP contribution is -2.14. The zero-order valence-electron chi connectivity index (χ0n) is 7.78. The number of nitriles is 1. The number of hydrogen-bond acceptors (Lipinski definition) is 4. The molecule has 1 aromatic rings. The number of nitrogens with one attached hydrogen (secondary N) is 1. The molecule has 0 unspecified atom stereocenters. The van der Waals surface area contributed by atoms with Gasteiger partial charge in [-0.15, -0.1) is 0 Å². The number of rotatable bonds is 3. The molecule has 14 heavy (non-hydrogen) atoms. The van der Waals surface area contributed by atoms with Crippen molar-refractivity contribution < 1.29 is 9.53 Å². The smallest absolute Gasteiger partial charge is 0.325 e. The van der Waals surface area contributed by atoms with Gasteiger partial charge in [-0.25, -0.2) is 0 Å². The Labute approximate surface area is 82.1 Å². The standard InChI is InChI=1S/C10H10N2O2/c1-14-10(13)7-12-9-4-2-3-8(5-9)6-11/h2-5,12H,7H2,1H3. The topological polar surface area (TPSA) is 62.1 Å². The van der Waals surface area contributed by atoms with E-state index in [1.165, 1.54) is 7.11 Å². The summed E-state index contributed by atoms with van der Waals surface area (Å²) < 4.78 is 4.46. The summed E-state index contributed by atoms with van der Waals surface area (Å²) in [5.74, 6) is -0.340. The minimum Gasteiger partial charge on any atom is -0.468 e. The maximum Gasteiger partial charge on any atom is 0.325 e. The molecule has 72 valence electrons. The number of carbonyl (C=O) groups is 1. The van der Waals surface area contributed by atoms with E-state index in [-0.39, 0.29) is 12.5 Å². The number of benzene rings is 1. The van der Waals surface area contributed by atoms with Crippen LogP contribution in [0.25, 0.3) is 0 Å². The van der Waals surface area contributed by atoms with Gasteiger partial charge < -0.3 is 10.1 Å². The van der Waals surface area contributed by atoms with Crippen molar-refractivity contribution in [2.24, 2.45) is 0 Å². The molecule has 1 aromatic carbocycles. The highest BCUT2D eigenvalue weighted by Crippen LogP contribution is 2.08. The molecule has 0 fully saturated rings. The van der Waals surface area contributed by atoms with Crippen LogP contribution in [-0.2, 0) is 9.53 Å². The Morgan fingerprint density at radius 3 is 3.07 bits per heavy atom. The van der Waals surface area contributed by atoms with Crippen LogP contribution in [0, 0.1) is 11.3 Å². The van der Waals surface area contributed by atoms with E-state index in [2.05, 4.69) is 10.1 Å². The Morgan fingerprint density at radius 1 is 1.64 bits per heavy atom. The average Bonchev–Trinajstić information content (AvgIpc) is 2.26. The molecule has 0 atom stereocenters. The third kappa shape index (κ3) is 2.79. The van der Waals surface area contributed by atoms with Gasteiger partial charge in [0.1, 0.15) is 6.54 Å². The Balaban J connectivity index is 2.60. The third-order valence-corrected chi connectivity index (χ3v) is 1.66. The van der Waals surface area contributed by atoms with Crippen LogP contribution in [0.1, 0.15) is 5.56 Å². The molecule has 0 saturated heterocycles. The minimum absolute atomic E-state index is 0.103. The number of esters is 1. The van der Waals surface area contributed by atoms with Crippen molar-refractivity contribution in [1.29, 1.82) is 5.26 Å². The van der Waals surface area contributed by atoms with Crippen LogP contribution in [0.15, 0.2) is 24.3 Å². The predicted molar refractivity (Wildman–Crippen MR) is 51.7 cm³/mol. The summed E-state index contributed by atoms with van der Waals surface area (Å²) in [6, 6.07) is 8.91. The van der Waals surface area contributed by atoms with E-state index in [0.717, 1.165) is 5.69 Å². The van der Waals surface area contributed by atoms with Crippen molar-refractivity contribution >= 4 is 11.7 Å². The fourth-order valence-electron chi connectivity index (χ4n) is 0.945. The molecule has 0 amide bonds. The SMILES string of the molecule is COC(=O)CNc1cccc(C#N)c1. The van der Waals surface area contributed by atoms with Gasteiger partial charge in [-0.1, -0.05) is 6.07 Å². The molecule has 0 aliphatic rings. The summed E-state index contributed by atoms with van der Waals surface area (Å²) >= 11 is 0. The maximum atomic E-state index is 10.8. The number of anilines is 1. The number of carbonyl (C=O) groups excluding carboxylic acids is 1. The summed E-state index contributed by atoms with van der Waals surface area (Å²) in [4.78, 5) is 10.8. The largest absolute Gasteiger partial charge is 0.468 e. The van der Waals surface area contributed by atoms with E-state index in [4.69, 9.17) is 5.26 Å². The van der Waals surface area contributed by atoms with Gasteiger partial charge in [-0.2, -0.15) is 5.26 Å². The van der Waals surface area contributed by atoms with Gasteiger partial charge in [-0.3, -0.25) is 4.79 Å². The lowest BCUT2D eigenvalue weighted by Gasteiger charge is -2.04. The van der Waals surface area contributed by atoms with Crippen LogP contribution in [0.5, 0.6) is 0 Å². The molecule has 0 saturated carbocycles. The lowest BCUT2D eigenvalue weighted by atomic mass is 10.2. The second kappa shape index (κ2) is 4.87. The summed E-state index contributed by atoms with van der Waals surface area (Å²) in [5, 5.41) is 11.5. The van der Waals surface area contributed by atoms with Crippen molar-refractivity contribution in [3.8, 4) is 6.07 Å². The Kier molecular flexibility index (Phi) is 3.50. The molecule has 4 nitrogen and oxygen atoms in total. The van der Waals surface area contributed by atoms with E-state index in [1.807, 2.05) is 6.07 Å². The van der Waals surface area contributed by atoms with Crippen LogP contribution in [-0.4, -0.2) is 19.6 Å². The predicted octanol–water partition coefficient (Wildman–Crippen LogP) is 1.14. The zero-order valence-corrected chi connectivity index (χ0v) is 7.78. The van der Waals surface area contributed by atoms with Gasteiger partial charge in [0.15, 0.2) is 0 Å². The maximum absolute atomic E-state index is 10.8. The first-order chi connectivity index (χ1) is 6.76. The number of nitrogens with zero attached hydrogens (tertiary/aromatic N) is 1. The molecule has 0 spiro atoms. The van der Waals surface area contributed by atoms with Gasteiger partial charge in [0.2, 0.25) is 0 Å². The van der Waals surface area contributed by atoms with Gasteiger partial charge in [-0.05, 0) is 18.2 Å². The van der Waals surface area contributed by atoms with Gasteiger partial charge in [0.05, 0.1) is 18.7 Å². The third-order valence-electron chi connectivity index (χ3n) is 1.66. The Bertz CT molecular complexity index is 369. The molecule has 0 aromatic heterocycles. The Hall–Kier alpha value is -2.02. The van der Waals surface area contributed by atoms with Crippen LogP contribution < -0.4 is 5.32 Å². The average molecular weight is 190 g/mol. The molecular weight excluding hydrogens is 180 g/mol. The van der Waals surface area contributed by atoms with E-state index in [0.29, 0.717) is 5.56 Å². The second-order valence-electron chi connectivity index (χ2n) is 2.62. The molecular formula is C10H10N2O2. The molecule has 0 aliphatic carbocycles. The summed E-state index contributed by atoms with van der Waals surface area (Å²) in [7, 11) is 1.33. The quantitative estimate of drug-likeness (QED) is 0.726. The summed E-state index contributed by atoms with van der Waals surface area (Å²) in [5.41, 5.74) is 1.29. The normalized spacial score (nSPS) is 8.86. The van der Waals surface area contributed by atoms with Gasteiger partial charge >= 0.3 is 5.97 Å². The minimum atomic E-state index is -0.340. The highest BCUT2D eigenvalue weighted by Gasteiger charge is 1.99. The van der Waals surface area contributed by atoms with Crippen molar-refractivity contribution in [3.05, 3.63) is 29.8 Å². The van der Waals surface area contributed by atoms with Crippen LogP contribution in [0.2, 0.25) is 0 Å². The Morgan fingerprint density at radius 2 is 2.43 bits per heavy atom. The first kappa shape index (κ1) is 10.1. The summed E-state index contributed by atoms with van der Waals surface area (Å²) in [6.45, 7) is 0.103. The fourth-order valence-corrected chi connectivity index (χ4v) is 0.945. The van der Waals surface area contributed by atoms with Crippen LogP contribution >= 0.6 is 0 Å². The first-order valence-electron chi connectivity index (χ1n) is 4.07. The molecule has 0 bridgehead atoms. The van der Waals surface area contributed by atoms with Gasteiger partial charge in [0.25, 0.3) is 0 Å². The monoisotopic (exact) mass is 190 g/mol. The van der Waals surface area contributed by atoms with Crippen molar-refractivity contribution in [2.75, 3.05) is 19.0 Å². The first-order valence-corrected chi connectivity index (χ1v) is 4.07. The fraction of sp³-hybridized carbons (Fsp3) is 0.200. The molecule has 0 radical (unpaired) electrons. The summed E-state index contributed by atoms with van der Waals surface area (Å²) in [6.07, 6.45) is 0. The highest BCUT2D eigenvalue weighted by molar-refractivity contribution is 5.74. The second-order valence-corrected chi connectivity index (χ2v) is 2.62. The molecule has 4 heteroatoms. The molecule has 0 heterocycles. The van der Waals surface area contributed by atoms with E-state index < -0.39 is 0 Å². The zero-order chi connectivity index (χ0) is 10.4. The van der Waals surface area contributed by atoms with Crippen LogP contribution in [0.3, 0.4) is 0 Å². The van der Waals surface area contributed by atoms with Crippen molar-refractivity contribution in [3.63, 3.8) is 0 Å². The molecule has 1 N–H and O–H groups in total. The number of ether oxygens (including phenoxy) is 1. The molecule has 0 aliphatic heterocycles. The van der Waals surface area contributed by atoms with Gasteiger partial charge in [0, 0.05) is 5.69 Å². The van der Waals surface area contributed by atoms with E-state index in [1.54, 1.807) is 24.3 Å². The van der Waals surface area contributed by atoms with Crippen LogP contribution in [0.4, 0.5) is 5.69 Å². The van der Waals surface area contributed by atoms with E-state index in [9.17, 15) is 4.79 Å². The lowest BCUT2D eigenvalue weighted by molar-refractivity contribution is -0.138. The number of methoxy groups -OCH3 is 1. The number of hydrogen-bond donors (Lipinski definition) is 1. The van der Waals surface area contributed by atoms with E-state index >= 15 is 0 Å². The van der Waals surface area contributed by atoms with Crippen molar-refractivity contribution in [1.82, 2.24) is 0 Å². The highest BCUT2D eigenvalue weighted by atomic mass is 16.5. The van der Waals surface area contributed by atoms with Crippen molar-refractivity contribution in [2.45, 2.75) is 0 Å². The molecule has 1 rings (SSSR count).